The molecule has 0 aliphatic carbocycles. The van der Waals surface area contributed by atoms with Gasteiger partial charge in [0.2, 0.25) is 17.7 Å². The summed E-state index contributed by atoms with van der Waals surface area (Å²) in [5.74, 6) is -0.650. The van der Waals surface area contributed by atoms with Crippen molar-refractivity contribution in [2.75, 3.05) is 31.2 Å². The van der Waals surface area contributed by atoms with E-state index in [-0.39, 0.29) is 22.8 Å². The minimum atomic E-state index is -4.70. The Morgan fingerprint density at radius 2 is 1.65 bits per heavy atom. The number of hydrogen-bond acceptors (Lipinski definition) is 6. The van der Waals surface area contributed by atoms with Gasteiger partial charge >= 0.3 is 6.18 Å². The van der Waals surface area contributed by atoms with E-state index in [9.17, 15) is 13.2 Å². The summed E-state index contributed by atoms with van der Waals surface area (Å²) in [4.78, 5) is 22.5. The number of hydrogen-bond donors (Lipinski definition) is 1. The molecule has 2 aromatic carbocycles. The number of para-hydroxylation sites is 2. The topological polar surface area (TPSA) is 84.8 Å². The van der Waals surface area contributed by atoms with Gasteiger partial charge in [-0.25, -0.2) is 4.98 Å². The van der Waals surface area contributed by atoms with Crippen LogP contribution in [-0.2, 0) is 10.9 Å². The molecule has 0 saturated carbocycles. The summed E-state index contributed by atoms with van der Waals surface area (Å²) in [7, 11) is 0. The number of halogens is 3. The van der Waals surface area contributed by atoms with Crippen LogP contribution >= 0.6 is 0 Å². The molecule has 1 aliphatic rings. The maximum absolute atomic E-state index is 14.0. The number of morpholine rings is 1. The molecule has 172 valence electrons. The molecule has 0 spiro atoms. The van der Waals surface area contributed by atoms with E-state index < -0.39 is 12.0 Å². The first-order valence-corrected chi connectivity index (χ1v) is 10.7. The number of aromatic nitrogens is 6. The third-order valence-corrected chi connectivity index (χ3v) is 5.76. The molecule has 6 rings (SSSR count). The van der Waals surface area contributed by atoms with E-state index in [0.717, 1.165) is 15.5 Å². The Morgan fingerprint density at radius 1 is 0.853 bits per heavy atom. The van der Waals surface area contributed by atoms with Gasteiger partial charge in [0, 0.05) is 35.8 Å². The first kappa shape index (κ1) is 20.6. The number of benzene rings is 2. The lowest BCUT2D eigenvalue weighted by atomic mass is 10.1. The van der Waals surface area contributed by atoms with Gasteiger partial charge in [0.05, 0.1) is 24.2 Å². The zero-order valence-electron chi connectivity index (χ0n) is 17.8. The first-order chi connectivity index (χ1) is 16.5. The fourth-order valence-electron chi connectivity index (χ4n) is 4.18. The van der Waals surface area contributed by atoms with Crippen LogP contribution in [0.4, 0.5) is 19.1 Å². The van der Waals surface area contributed by atoms with E-state index in [4.69, 9.17) is 4.74 Å². The van der Waals surface area contributed by atoms with Crippen LogP contribution in [0, 0.1) is 0 Å². The Kier molecular flexibility index (Phi) is 4.73. The van der Waals surface area contributed by atoms with Crippen LogP contribution in [0.1, 0.15) is 5.82 Å². The fraction of sp³-hybridized carbons (Fsp3) is 0.217. The van der Waals surface area contributed by atoms with Crippen molar-refractivity contribution in [2.45, 2.75) is 6.18 Å². The number of aromatic amines is 1. The van der Waals surface area contributed by atoms with Gasteiger partial charge in [0.15, 0.2) is 5.82 Å². The normalized spacial score (nSPS) is 14.9. The van der Waals surface area contributed by atoms with Gasteiger partial charge in [-0.15, -0.1) is 0 Å². The molecule has 0 amide bonds. The summed E-state index contributed by atoms with van der Waals surface area (Å²) in [5, 5.41) is 0.860. The Hall–Kier alpha value is -3.99. The number of rotatable bonds is 3. The Balaban J connectivity index is 1.63. The number of nitrogens with zero attached hydrogens (tertiary/aromatic N) is 6. The summed E-state index contributed by atoms with van der Waals surface area (Å²) in [6.45, 7) is 2.00. The predicted molar refractivity (Wildman–Crippen MR) is 120 cm³/mol. The Labute approximate surface area is 191 Å². The van der Waals surface area contributed by atoms with E-state index in [2.05, 4.69) is 24.9 Å². The highest BCUT2D eigenvalue weighted by Crippen LogP contribution is 2.34. The lowest BCUT2D eigenvalue weighted by Crippen LogP contribution is -2.37. The van der Waals surface area contributed by atoms with Gasteiger partial charge in [-0.3, -0.25) is 4.57 Å². The maximum Gasteiger partial charge on any atom is 0.450 e. The standard InChI is InChI=1S/C23H18F3N7O/c24-23(25,26)20-28-17-5-1-2-7-18(17)33(20)22-30-19(15-4-3-6-16-14(15)8-9-27-16)29-21(31-22)32-10-12-34-13-11-32/h1-9,27H,10-13H2. The van der Waals surface area contributed by atoms with E-state index in [1.807, 2.05) is 29.2 Å². The van der Waals surface area contributed by atoms with Crippen molar-refractivity contribution in [1.29, 1.82) is 0 Å². The quantitative estimate of drug-likeness (QED) is 0.430. The van der Waals surface area contributed by atoms with E-state index in [1.54, 1.807) is 24.4 Å². The monoisotopic (exact) mass is 465 g/mol. The van der Waals surface area contributed by atoms with Crippen LogP contribution in [0.2, 0.25) is 0 Å². The molecule has 1 N–H and O–H groups in total. The molecule has 11 heteroatoms. The molecule has 1 aliphatic heterocycles. The van der Waals surface area contributed by atoms with Crippen LogP contribution < -0.4 is 4.90 Å². The van der Waals surface area contributed by atoms with Crippen molar-refractivity contribution in [3.8, 4) is 17.3 Å². The molecule has 5 aromatic rings. The van der Waals surface area contributed by atoms with Crippen molar-refractivity contribution in [1.82, 2.24) is 29.5 Å². The van der Waals surface area contributed by atoms with Crippen molar-refractivity contribution < 1.29 is 17.9 Å². The van der Waals surface area contributed by atoms with Crippen LogP contribution in [0.5, 0.6) is 0 Å². The number of anilines is 1. The molecule has 8 nitrogen and oxygen atoms in total. The molecule has 3 aromatic heterocycles. The highest BCUT2D eigenvalue weighted by molar-refractivity contribution is 5.93. The zero-order chi connectivity index (χ0) is 23.3. The van der Waals surface area contributed by atoms with Crippen molar-refractivity contribution in [3.63, 3.8) is 0 Å². The minimum absolute atomic E-state index is 0.139. The molecule has 1 saturated heterocycles. The molecule has 0 bridgehead atoms. The van der Waals surface area contributed by atoms with Crippen LogP contribution in [0.25, 0.3) is 39.3 Å². The van der Waals surface area contributed by atoms with Gasteiger partial charge in [0.1, 0.15) is 0 Å². The Bertz CT molecular complexity index is 1500. The molecule has 0 unspecified atom stereocenters. The smallest absolute Gasteiger partial charge is 0.378 e. The molecule has 34 heavy (non-hydrogen) atoms. The van der Waals surface area contributed by atoms with E-state index in [1.165, 1.54) is 6.07 Å². The maximum atomic E-state index is 14.0. The number of H-pyrrole nitrogens is 1. The number of imidazole rings is 1. The predicted octanol–water partition coefficient (Wildman–Crippen LogP) is 4.21. The largest absolute Gasteiger partial charge is 0.450 e. The lowest BCUT2D eigenvalue weighted by molar-refractivity contribution is -0.145. The average molecular weight is 465 g/mol. The summed E-state index contributed by atoms with van der Waals surface area (Å²) in [6.07, 6.45) is -2.91. The van der Waals surface area contributed by atoms with E-state index >= 15 is 0 Å². The number of alkyl halides is 3. The van der Waals surface area contributed by atoms with Crippen molar-refractivity contribution >= 4 is 27.9 Å². The molecular formula is C23H18F3N7O. The third kappa shape index (κ3) is 3.45. The summed E-state index contributed by atoms with van der Waals surface area (Å²) < 4.78 is 48.5. The average Bonchev–Trinajstić information content (AvgIpc) is 3.49. The molecule has 4 heterocycles. The third-order valence-electron chi connectivity index (χ3n) is 5.76. The number of ether oxygens (including phenoxy) is 1. The molecule has 0 atom stereocenters. The van der Waals surface area contributed by atoms with Gasteiger partial charge in [-0.2, -0.15) is 28.1 Å². The zero-order valence-corrected chi connectivity index (χ0v) is 17.8. The van der Waals surface area contributed by atoms with Crippen molar-refractivity contribution in [2.24, 2.45) is 0 Å². The van der Waals surface area contributed by atoms with Crippen molar-refractivity contribution in [3.05, 3.63) is 60.6 Å². The van der Waals surface area contributed by atoms with Crippen LogP contribution in [0.3, 0.4) is 0 Å². The summed E-state index contributed by atoms with van der Waals surface area (Å²) >= 11 is 0. The van der Waals surface area contributed by atoms with Gasteiger partial charge in [-0.05, 0) is 24.3 Å². The highest BCUT2D eigenvalue weighted by atomic mass is 19.4. The van der Waals surface area contributed by atoms with Gasteiger partial charge in [-0.1, -0.05) is 24.3 Å². The minimum Gasteiger partial charge on any atom is -0.378 e. The van der Waals surface area contributed by atoms with Gasteiger partial charge < -0.3 is 14.6 Å². The highest BCUT2D eigenvalue weighted by Gasteiger charge is 2.39. The van der Waals surface area contributed by atoms with Crippen LogP contribution in [0.15, 0.2) is 54.7 Å². The number of fused-ring (bicyclic) bond motifs is 2. The molecule has 0 radical (unpaired) electrons. The number of nitrogens with one attached hydrogen (secondary N) is 1. The SMILES string of the molecule is FC(F)(F)c1nc2ccccc2n1-c1nc(-c2cccc3[nH]ccc23)nc(N2CCOCC2)n1. The fourth-order valence-corrected chi connectivity index (χ4v) is 4.18. The second kappa shape index (κ2) is 7.80. The summed E-state index contributed by atoms with van der Waals surface area (Å²) in [5.41, 5.74) is 2.03. The lowest BCUT2D eigenvalue weighted by Gasteiger charge is -2.27. The van der Waals surface area contributed by atoms with Gasteiger partial charge in [0.25, 0.3) is 0 Å². The Morgan fingerprint density at radius 3 is 2.47 bits per heavy atom. The van der Waals surface area contributed by atoms with E-state index in [0.29, 0.717) is 37.8 Å². The molecular weight excluding hydrogens is 447 g/mol. The summed E-state index contributed by atoms with van der Waals surface area (Å²) in [6, 6.07) is 13.9. The van der Waals surface area contributed by atoms with Crippen LogP contribution in [-0.4, -0.2) is 55.8 Å². The second-order valence-electron chi connectivity index (χ2n) is 7.86. The molecule has 1 fully saturated rings. The second-order valence-corrected chi connectivity index (χ2v) is 7.86. The first-order valence-electron chi connectivity index (χ1n) is 10.7.